The van der Waals surface area contributed by atoms with Gasteiger partial charge >= 0.3 is 0 Å². The van der Waals surface area contributed by atoms with Gasteiger partial charge in [0.15, 0.2) is 0 Å². The molecule has 2 fully saturated rings. The predicted molar refractivity (Wildman–Crippen MR) is 106 cm³/mol. The fourth-order valence-electron chi connectivity index (χ4n) is 4.69. The summed E-state index contributed by atoms with van der Waals surface area (Å²) in [7, 11) is 0. The molecule has 3 amide bonds. The highest BCUT2D eigenvalue weighted by molar-refractivity contribution is 5.89. The predicted octanol–water partition coefficient (Wildman–Crippen LogP) is 0.956. The van der Waals surface area contributed by atoms with Crippen LogP contribution in [0.1, 0.15) is 56.1 Å². The number of amides is 3. The smallest absolute Gasteiger partial charge is 0.228 e. The average Bonchev–Trinajstić information content (AvgIpc) is 3.13. The summed E-state index contributed by atoms with van der Waals surface area (Å²) in [4.78, 5) is 51.4. The molecule has 2 saturated heterocycles. The Kier molecular flexibility index (Phi) is 5.52. The Balaban J connectivity index is 1.42. The van der Waals surface area contributed by atoms with E-state index >= 15 is 0 Å². The molecule has 2 atom stereocenters. The summed E-state index contributed by atoms with van der Waals surface area (Å²) in [5.41, 5.74) is 2.00. The third-order valence-electron chi connectivity index (χ3n) is 6.44. The molecule has 0 bridgehead atoms. The van der Waals surface area contributed by atoms with Gasteiger partial charge in [-0.05, 0) is 19.8 Å². The van der Waals surface area contributed by atoms with Gasteiger partial charge in [-0.25, -0.2) is 9.97 Å². The maximum absolute atomic E-state index is 12.9. The molecule has 0 spiro atoms. The van der Waals surface area contributed by atoms with Crippen LogP contribution in [-0.2, 0) is 27.3 Å². The molecule has 1 aromatic heterocycles. The Hall–Kier alpha value is -2.51. The second-order valence-corrected chi connectivity index (χ2v) is 8.35. The molecule has 3 aliphatic rings. The summed E-state index contributed by atoms with van der Waals surface area (Å²) in [6, 6.07) is 0. The van der Waals surface area contributed by atoms with E-state index in [2.05, 4.69) is 4.98 Å². The molecule has 1 aromatic rings. The van der Waals surface area contributed by atoms with Gasteiger partial charge in [-0.15, -0.1) is 0 Å². The lowest BCUT2D eigenvalue weighted by atomic mass is 9.96. The summed E-state index contributed by atoms with van der Waals surface area (Å²) in [6.07, 6.45) is 4.85. The van der Waals surface area contributed by atoms with E-state index in [0.29, 0.717) is 45.6 Å². The summed E-state index contributed by atoms with van der Waals surface area (Å²) in [6.45, 7) is 7.37. The molecule has 0 saturated carbocycles. The molecule has 2 unspecified atom stereocenters. The third kappa shape index (κ3) is 3.97. The number of aromatic nitrogens is 2. The van der Waals surface area contributed by atoms with Crippen molar-refractivity contribution in [3.05, 3.63) is 23.3 Å². The molecule has 0 aliphatic carbocycles. The van der Waals surface area contributed by atoms with Gasteiger partial charge in [0.2, 0.25) is 17.7 Å². The summed E-state index contributed by atoms with van der Waals surface area (Å²) >= 11 is 0. The highest BCUT2D eigenvalue weighted by atomic mass is 16.2. The third-order valence-corrected chi connectivity index (χ3v) is 6.44. The minimum absolute atomic E-state index is 0.0633. The van der Waals surface area contributed by atoms with E-state index in [1.165, 1.54) is 0 Å². The zero-order valence-corrected chi connectivity index (χ0v) is 17.3. The molecule has 0 N–H and O–H groups in total. The van der Waals surface area contributed by atoms with Crippen molar-refractivity contribution < 1.29 is 14.4 Å². The maximum atomic E-state index is 12.9. The standard InChI is InChI=1S/C21H29N5O3/c1-3-24-12-16(9-19(24)28)21(29)26-8-6-18-17(13-26)10-22-20(23-18)15-5-4-7-25(11-15)14(2)27/h10,15-16H,3-9,11-13H2,1-2H3. The largest absolute Gasteiger partial charge is 0.342 e. The number of rotatable bonds is 3. The second kappa shape index (κ2) is 8.08. The topological polar surface area (TPSA) is 86.7 Å². The normalized spacial score (nSPS) is 24.6. The number of nitrogens with zero attached hydrogens (tertiary/aromatic N) is 5. The van der Waals surface area contributed by atoms with Gasteiger partial charge in [-0.1, -0.05) is 0 Å². The van der Waals surface area contributed by atoms with E-state index < -0.39 is 0 Å². The van der Waals surface area contributed by atoms with Crippen LogP contribution in [0.4, 0.5) is 0 Å². The molecule has 8 nitrogen and oxygen atoms in total. The van der Waals surface area contributed by atoms with Crippen LogP contribution in [-0.4, -0.2) is 75.1 Å². The van der Waals surface area contributed by atoms with Crippen LogP contribution in [0.25, 0.3) is 0 Å². The van der Waals surface area contributed by atoms with Crippen molar-refractivity contribution in [1.82, 2.24) is 24.7 Å². The van der Waals surface area contributed by atoms with Gasteiger partial charge < -0.3 is 14.7 Å². The number of hydrogen-bond acceptors (Lipinski definition) is 5. The number of likely N-dealkylation sites (tertiary alicyclic amines) is 2. The molecule has 0 radical (unpaired) electrons. The van der Waals surface area contributed by atoms with Crippen molar-refractivity contribution in [1.29, 1.82) is 0 Å². The summed E-state index contributed by atoms with van der Waals surface area (Å²) in [5, 5.41) is 0. The lowest BCUT2D eigenvalue weighted by Gasteiger charge is -2.33. The van der Waals surface area contributed by atoms with Crippen LogP contribution < -0.4 is 0 Å². The number of hydrogen-bond donors (Lipinski definition) is 0. The monoisotopic (exact) mass is 399 g/mol. The first-order chi connectivity index (χ1) is 14.0. The average molecular weight is 399 g/mol. The Bertz CT molecular complexity index is 827. The minimum Gasteiger partial charge on any atom is -0.342 e. The summed E-state index contributed by atoms with van der Waals surface area (Å²) in [5.74, 6) is 1.01. The highest BCUT2D eigenvalue weighted by Gasteiger charge is 2.37. The van der Waals surface area contributed by atoms with Gasteiger partial charge in [-0.3, -0.25) is 14.4 Å². The van der Waals surface area contributed by atoms with Gasteiger partial charge in [-0.2, -0.15) is 0 Å². The van der Waals surface area contributed by atoms with Gasteiger partial charge in [0.1, 0.15) is 5.82 Å². The van der Waals surface area contributed by atoms with E-state index in [1.807, 2.05) is 22.9 Å². The van der Waals surface area contributed by atoms with Crippen molar-refractivity contribution in [2.75, 3.05) is 32.7 Å². The first-order valence-corrected chi connectivity index (χ1v) is 10.6. The van der Waals surface area contributed by atoms with Gasteiger partial charge in [0.25, 0.3) is 0 Å². The maximum Gasteiger partial charge on any atom is 0.228 e. The van der Waals surface area contributed by atoms with Crippen LogP contribution in [0.15, 0.2) is 6.20 Å². The Labute approximate surface area is 171 Å². The summed E-state index contributed by atoms with van der Waals surface area (Å²) < 4.78 is 0. The Morgan fingerprint density at radius 3 is 2.76 bits per heavy atom. The van der Waals surface area contributed by atoms with Crippen LogP contribution in [0.5, 0.6) is 0 Å². The molecule has 156 valence electrons. The molecule has 29 heavy (non-hydrogen) atoms. The first-order valence-electron chi connectivity index (χ1n) is 10.6. The van der Waals surface area contributed by atoms with Crippen LogP contribution >= 0.6 is 0 Å². The fourth-order valence-corrected chi connectivity index (χ4v) is 4.69. The van der Waals surface area contributed by atoms with Crippen LogP contribution in [0, 0.1) is 5.92 Å². The quantitative estimate of drug-likeness (QED) is 0.756. The van der Waals surface area contributed by atoms with Crippen LogP contribution in [0.2, 0.25) is 0 Å². The molecular formula is C21H29N5O3. The van der Waals surface area contributed by atoms with Crippen molar-refractivity contribution in [2.45, 2.75) is 52.0 Å². The van der Waals surface area contributed by atoms with Crippen molar-refractivity contribution in [3.63, 3.8) is 0 Å². The lowest BCUT2D eigenvalue weighted by Crippen LogP contribution is -2.41. The fraction of sp³-hybridized carbons (Fsp3) is 0.667. The van der Waals surface area contributed by atoms with E-state index in [9.17, 15) is 14.4 Å². The Morgan fingerprint density at radius 2 is 2.03 bits per heavy atom. The highest BCUT2D eigenvalue weighted by Crippen LogP contribution is 2.27. The number of fused-ring (bicyclic) bond motifs is 1. The molecule has 4 heterocycles. The second-order valence-electron chi connectivity index (χ2n) is 8.35. The first kappa shape index (κ1) is 19.8. The number of carbonyl (C=O) groups excluding carboxylic acids is 3. The van der Waals surface area contributed by atoms with Gasteiger partial charge in [0.05, 0.1) is 11.6 Å². The van der Waals surface area contributed by atoms with E-state index in [4.69, 9.17) is 4.98 Å². The zero-order chi connectivity index (χ0) is 20.5. The lowest BCUT2D eigenvalue weighted by molar-refractivity contribution is -0.136. The molecule has 4 rings (SSSR count). The van der Waals surface area contributed by atoms with Crippen molar-refractivity contribution >= 4 is 17.7 Å². The van der Waals surface area contributed by atoms with Crippen molar-refractivity contribution in [3.8, 4) is 0 Å². The number of carbonyl (C=O) groups is 3. The van der Waals surface area contributed by atoms with Gasteiger partial charge in [0, 0.05) is 76.7 Å². The molecule has 3 aliphatic heterocycles. The van der Waals surface area contributed by atoms with Crippen molar-refractivity contribution in [2.24, 2.45) is 5.92 Å². The van der Waals surface area contributed by atoms with E-state index in [-0.39, 0.29) is 29.6 Å². The zero-order valence-electron chi connectivity index (χ0n) is 17.3. The van der Waals surface area contributed by atoms with E-state index in [0.717, 1.165) is 36.5 Å². The van der Waals surface area contributed by atoms with Crippen LogP contribution in [0.3, 0.4) is 0 Å². The Morgan fingerprint density at radius 1 is 1.21 bits per heavy atom. The number of piperidine rings is 1. The molecular weight excluding hydrogens is 370 g/mol. The molecule has 0 aromatic carbocycles. The molecule has 8 heteroatoms. The van der Waals surface area contributed by atoms with E-state index in [1.54, 1.807) is 11.8 Å². The minimum atomic E-state index is -0.232. The SMILES string of the molecule is CCN1CC(C(=O)N2CCc3nc(C4CCCN(C(C)=O)C4)ncc3C2)CC1=O.